The van der Waals surface area contributed by atoms with Crippen molar-refractivity contribution in [1.82, 2.24) is 14.9 Å². The molecule has 1 aromatic heterocycles. The maximum atomic E-state index is 5.40. The molecule has 1 saturated heterocycles. The molecule has 22 heavy (non-hydrogen) atoms. The maximum absolute atomic E-state index is 5.40. The van der Waals surface area contributed by atoms with Crippen LogP contribution in [0.5, 0.6) is 11.5 Å². The van der Waals surface area contributed by atoms with Gasteiger partial charge in [-0.2, -0.15) is 0 Å². The number of halogens is 1. The number of likely N-dealkylation sites (N-methyl/N-ethyl adjacent to an activating group) is 1. The van der Waals surface area contributed by atoms with Gasteiger partial charge in [0.1, 0.15) is 12.1 Å². The number of benzene rings is 1. The van der Waals surface area contributed by atoms with Crippen LogP contribution in [0, 0.1) is 0 Å². The number of anilines is 1. The van der Waals surface area contributed by atoms with Crippen molar-refractivity contribution in [3.05, 3.63) is 18.5 Å². The van der Waals surface area contributed by atoms with Gasteiger partial charge >= 0.3 is 0 Å². The first kappa shape index (κ1) is 16.6. The van der Waals surface area contributed by atoms with E-state index in [-0.39, 0.29) is 12.4 Å². The van der Waals surface area contributed by atoms with Gasteiger partial charge in [0, 0.05) is 37.6 Å². The lowest BCUT2D eigenvalue weighted by Gasteiger charge is -2.33. The van der Waals surface area contributed by atoms with Crippen LogP contribution in [-0.2, 0) is 0 Å². The summed E-state index contributed by atoms with van der Waals surface area (Å²) in [5, 5.41) is 1.000. The van der Waals surface area contributed by atoms with Gasteiger partial charge in [-0.25, -0.2) is 9.97 Å². The SMILES string of the molecule is COc1cc2ncnc(N3CCN(C)CC3)c2cc1OC.Cl. The fourth-order valence-electron chi connectivity index (χ4n) is 2.64. The van der Waals surface area contributed by atoms with Crippen molar-refractivity contribution >= 4 is 29.1 Å². The van der Waals surface area contributed by atoms with Gasteiger partial charge in [-0.15, -0.1) is 12.4 Å². The highest BCUT2D eigenvalue weighted by molar-refractivity contribution is 5.92. The summed E-state index contributed by atoms with van der Waals surface area (Å²) in [6.07, 6.45) is 1.61. The normalized spacial score (nSPS) is 15.5. The molecular weight excluding hydrogens is 304 g/mol. The number of rotatable bonds is 3. The Morgan fingerprint density at radius 2 is 1.59 bits per heavy atom. The molecule has 2 aromatic rings. The van der Waals surface area contributed by atoms with Crippen LogP contribution in [0.1, 0.15) is 0 Å². The number of piperazine rings is 1. The first-order valence-corrected chi connectivity index (χ1v) is 7.03. The van der Waals surface area contributed by atoms with Crippen molar-refractivity contribution in [3.8, 4) is 11.5 Å². The Kier molecular flexibility index (Phi) is 5.26. The van der Waals surface area contributed by atoms with Crippen molar-refractivity contribution in [1.29, 1.82) is 0 Å². The number of hydrogen-bond donors (Lipinski definition) is 0. The topological polar surface area (TPSA) is 50.7 Å². The summed E-state index contributed by atoms with van der Waals surface area (Å²) in [5.74, 6) is 2.36. The zero-order valence-corrected chi connectivity index (χ0v) is 13.9. The maximum Gasteiger partial charge on any atom is 0.162 e. The molecule has 0 N–H and O–H groups in total. The van der Waals surface area contributed by atoms with E-state index in [1.54, 1.807) is 20.5 Å². The summed E-state index contributed by atoms with van der Waals surface area (Å²) < 4.78 is 10.7. The molecule has 1 aromatic carbocycles. The molecule has 7 heteroatoms. The first-order chi connectivity index (χ1) is 10.2. The third-order valence-corrected chi connectivity index (χ3v) is 3.92. The summed E-state index contributed by atoms with van der Waals surface area (Å²) >= 11 is 0. The number of aromatic nitrogens is 2. The highest BCUT2D eigenvalue weighted by atomic mass is 35.5. The van der Waals surface area contributed by atoms with Crippen LogP contribution < -0.4 is 14.4 Å². The Morgan fingerprint density at radius 1 is 0.955 bits per heavy atom. The van der Waals surface area contributed by atoms with Crippen LogP contribution in [0.3, 0.4) is 0 Å². The van der Waals surface area contributed by atoms with Gasteiger partial charge in [-0.1, -0.05) is 0 Å². The lowest BCUT2D eigenvalue weighted by molar-refractivity contribution is 0.312. The molecule has 1 aliphatic heterocycles. The van der Waals surface area contributed by atoms with Crippen LogP contribution in [0.15, 0.2) is 18.5 Å². The van der Waals surface area contributed by atoms with E-state index in [0.717, 1.165) is 42.9 Å². The molecule has 0 radical (unpaired) electrons. The van der Waals surface area contributed by atoms with Gasteiger partial charge in [0.05, 0.1) is 19.7 Å². The van der Waals surface area contributed by atoms with Crippen molar-refractivity contribution in [2.75, 3.05) is 52.3 Å². The van der Waals surface area contributed by atoms with Gasteiger partial charge in [0.15, 0.2) is 11.5 Å². The van der Waals surface area contributed by atoms with E-state index >= 15 is 0 Å². The van der Waals surface area contributed by atoms with Gasteiger partial charge in [0.25, 0.3) is 0 Å². The molecule has 2 heterocycles. The quantitative estimate of drug-likeness (QED) is 0.858. The standard InChI is InChI=1S/C15H20N4O2.ClH/c1-18-4-6-19(7-5-18)15-11-8-13(20-2)14(21-3)9-12(11)16-10-17-15;/h8-10H,4-7H2,1-3H3;1H. The summed E-state index contributed by atoms with van der Waals surface area (Å²) in [4.78, 5) is 13.5. The van der Waals surface area contributed by atoms with Crippen molar-refractivity contribution in [2.24, 2.45) is 0 Å². The monoisotopic (exact) mass is 324 g/mol. The average molecular weight is 325 g/mol. The summed E-state index contributed by atoms with van der Waals surface area (Å²) in [6, 6.07) is 3.86. The number of fused-ring (bicyclic) bond motifs is 1. The van der Waals surface area contributed by atoms with Crippen molar-refractivity contribution in [2.45, 2.75) is 0 Å². The molecule has 0 unspecified atom stereocenters. The molecular formula is C15H21ClN4O2. The third kappa shape index (κ3) is 3.03. The van der Waals surface area contributed by atoms with Crippen LogP contribution in [0.4, 0.5) is 5.82 Å². The molecule has 6 nitrogen and oxygen atoms in total. The second-order valence-corrected chi connectivity index (χ2v) is 5.21. The molecule has 0 spiro atoms. The number of hydrogen-bond acceptors (Lipinski definition) is 6. The number of methoxy groups -OCH3 is 2. The molecule has 0 aliphatic carbocycles. The van der Waals surface area contributed by atoms with Gasteiger partial charge in [0.2, 0.25) is 0 Å². The van der Waals surface area contributed by atoms with E-state index in [0.29, 0.717) is 11.5 Å². The van der Waals surface area contributed by atoms with Crippen molar-refractivity contribution in [3.63, 3.8) is 0 Å². The zero-order chi connectivity index (χ0) is 14.8. The Bertz CT molecular complexity index is 645. The molecule has 1 fully saturated rings. The molecule has 3 rings (SSSR count). The predicted molar refractivity (Wildman–Crippen MR) is 89.6 cm³/mol. The van der Waals surface area contributed by atoms with Gasteiger partial charge in [-0.05, 0) is 13.1 Å². The lowest BCUT2D eigenvalue weighted by atomic mass is 10.2. The van der Waals surface area contributed by atoms with E-state index in [2.05, 4.69) is 26.8 Å². The molecule has 0 atom stereocenters. The van der Waals surface area contributed by atoms with Crippen molar-refractivity contribution < 1.29 is 9.47 Å². The molecule has 120 valence electrons. The third-order valence-electron chi connectivity index (χ3n) is 3.92. The molecule has 0 amide bonds. The van der Waals surface area contributed by atoms with E-state index < -0.39 is 0 Å². The zero-order valence-electron chi connectivity index (χ0n) is 13.1. The minimum Gasteiger partial charge on any atom is -0.493 e. The van der Waals surface area contributed by atoms with E-state index in [9.17, 15) is 0 Å². The van der Waals surface area contributed by atoms with E-state index in [1.165, 1.54) is 0 Å². The summed E-state index contributed by atoms with van der Waals surface area (Å²) in [7, 11) is 5.42. The number of nitrogens with zero attached hydrogens (tertiary/aromatic N) is 4. The van der Waals surface area contributed by atoms with Crippen LogP contribution in [0.25, 0.3) is 10.9 Å². The van der Waals surface area contributed by atoms with Gasteiger partial charge < -0.3 is 19.3 Å². The Morgan fingerprint density at radius 3 is 2.23 bits per heavy atom. The second kappa shape index (κ2) is 6.98. The summed E-state index contributed by atoms with van der Waals surface area (Å²) in [6.45, 7) is 4.02. The fourth-order valence-corrected chi connectivity index (χ4v) is 2.64. The van der Waals surface area contributed by atoms with Gasteiger partial charge in [-0.3, -0.25) is 0 Å². The van der Waals surface area contributed by atoms with E-state index in [4.69, 9.17) is 9.47 Å². The summed E-state index contributed by atoms with van der Waals surface area (Å²) in [5.41, 5.74) is 0.872. The molecule has 0 bridgehead atoms. The highest BCUT2D eigenvalue weighted by Crippen LogP contribution is 2.34. The number of ether oxygens (including phenoxy) is 2. The fraction of sp³-hybridized carbons (Fsp3) is 0.467. The van der Waals surface area contributed by atoms with Crippen LogP contribution in [0.2, 0.25) is 0 Å². The Hall–Kier alpha value is -1.79. The van der Waals surface area contributed by atoms with E-state index in [1.807, 2.05) is 12.1 Å². The predicted octanol–water partition coefficient (Wildman–Crippen LogP) is 1.82. The van der Waals surface area contributed by atoms with Crippen LogP contribution in [-0.4, -0.2) is 62.3 Å². The second-order valence-electron chi connectivity index (χ2n) is 5.21. The average Bonchev–Trinajstić information content (AvgIpc) is 2.53. The highest BCUT2D eigenvalue weighted by Gasteiger charge is 2.19. The minimum atomic E-state index is 0. The largest absolute Gasteiger partial charge is 0.493 e. The minimum absolute atomic E-state index is 0. The smallest absolute Gasteiger partial charge is 0.162 e. The van der Waals surface area contributed by atoms with Crippen LogP contribution >= 0.6 is 12.4 Å². The molecule has 0 saturated carbocycles. The molecule has 1 aliphatic rings. The first-order valence-electron chi connectivity index (χ1n) is 7.03. The Balaban J connectivity index is 0.00000176. The Labute approximate surface area is 136 Å². The lowest BCUT2D eigenvalue weighted by Crippen LogP contribution is -2.44.